The van der Waals surface area contributed by atoms with Gasteiger partial charge in [0, 0.05) is 7.47 Å². The van der Waals surface area contributed by atoms with Crippen molar-refractivity contribution in [2.24, 2.45) is 0 Å². The van der Waals surface area contributed by atoms with Crippen molar-refractivity contribution in [3.63, 3.8) is 0 Å². The van der Waals surface area contributed by atoms with Crippen molar-refractivity contribution >= 4 is 0 Å². The van der Waals surface area contributed by atoms with Crippen LogP contribution in [-0.2, 0) is 6.54 Å². The van der Waals surface area contributed by atoms with Gasteiger partial charge in [0.1, 0.15) is 11.5 Å². The van der Waals surface area contributed by atoms with E-state index in [9.17, 15) is 0 Å². The van der Waals surface area contributed by atoms with Crippen molar-refractivity contribution in [3.05, 3.63) is 23.2 Å². The van der Waals surface area contributed by atoms with Crippen molar-refractivity contribution in [2.45, 2.75) is 46.7 Å². The van der Waals surface area contributed by atoms with E-state index >= 15 is 0 Å². The minimum Gasteiger partial charge on any atom is -0.465 e. The summed E-state index contributed by atoms with van der Waals surface area (Å²) in [5.74, 6) is 2.07. The Morgan fingerprint density at radius 2 is 2.23 bits per heavy atom. The summed E-state index contributed by atoms with van der Waals surface area (Å²) in [7, 11) is 0. The van der Waals surface area contributed by atoms with Gasteiger partial charge in [-0.2, -0.15) is 0 Å². The smallest absolute Gasteiger partial charge is 0.118 e. The second kappa shape index (κ2) is 4.47. The molecule has 1 aromatic heterocycles. The minimum atomic E-state index is 0. The van der Waals surface area contributed by atoms with Crippen molar-refractivity contribution < 1.29 is 5.84 Å². The molecule has 0 amide bonds. The van der Waals surface area contributed by atoms with Crippen molar-refractivity contribution in [1.82, 2.24) is 5.32 Å². The van der Waals surface area contributed by atoms with Gasteiger partial charge in [-0.25, -0.2) is 0 Å². The Kier molecular flexibility index (Phi) is 3.55. The second-order valence-electron chi connectivity index (χ2n) is 3.64. The fourth-order valence-corrected chi connectivity index (χ4v) is 1.16. The van der Waals surface area contributed by atoms with E-state index in [2.05, 4.69) is 32.2 Å². The Hall–Kier alpha value is -0.760. The standard InChI is InChI=1S/C11H19NO.H2/c1-5-9(3)12-7-11-6-8(2)10(4)13-11;/h6,9,12H,5,7H2,1-4H3;1H/t9-;/m0./s1. The second-order valence-corrected chi connectivity index (χ2v) is 3.64. The molecule has 0 aliphatic carbocycles. The number of nitrogens with one attached hydrogen (secondary N) is 1. The topological polar surface area (TPSA) is 25.2 Å². The molecule has 0 spiro atoms. The van der Waals surface area contributed by atoms with E-state index in [1.165, 1.54) is 5.56 Å². The van der Waals surface area contributed by atoms with Gasteiger partial charge in [-0.05, 0) is 38.8 Å². The van der Waals surface area contributed by atoms with Crippen molar-refractivity contribution in [3.8, 4) is 0 Å². The molecule has 0 aromatic carbocycles. The third-order valence-corrected chi connectivity index (χ3v) is 2.45. The van der Waals surface area contributed by atoms with E-state index in [-0.39, 0.29) is 1.43 Å². The van der Waals surface area contributed by atoms with Crippen LogP contribution in [0.25, 0.3) is 0 Å². The van der Waals surface area contributed by atoms with E-state index in [1.807, 2.05) is 6.92 Å². The molecule has 1 aromatic rings. The number of hydrogen-bond acceptors (Lipinski definition) is 2. The first-order valence-corrected chi connectivity index (χ1v) is 4.92. The van der Waals surface area contributed by atoms with Gasteiger partial charge >= 0.3 is 0 Å². The quantitative estimate of drug-likeness (QED) is 0.776. The maximum atomic E-state index is 5.55. The van der Waals surface area contributed by atoms with Crippen LogP contribution in [0, 0.1) is 13.8 Å². The molecular formula is C11H21NO. The maximum Gasteiger partial charge on any atom is 0.118 e. The van der Waals surface area contributed by atoms with Gasteiger partial charge < -0.3 is 9.73 Å². The number of aryl methyl sites for hydroxylation is 2. The van der Waals surface area contributed by atoms with Gasteiger partial charge in [-0.3, -0.25) is 0 Å². The molecule has 0 radical (unpaired) electrons. The summed E-state index contributed by atoms with van der Waals surface area (Å²) in [6.07, 6.45) is 1.15. The lowest BCUT2D eigenvalue weighted by atomic mass is 10.2. The molecule has 76 valence electrons. The minimum absolute atomic E-state index is 0. The van der Waals surface area contributed by atoms with E-state index in [0.717, 1.165) is 24.5 Å². The van der Waals surface area contributed by atoms with Crippen LogP contribution in [0.1, 0.15) is 38.8 Å². The average molecular weight is 183 g/mol. The van der Waals surface area contributed by atoms with Gasteiger partial charge in [-0.1, -0.05) is 6.92 Å². The van der Waals surface area contributed by atoms with E-state index in [1.54, 1.807) is 0 Å². The lowest BCUT2D eigenvalue weighted by Crippen LogP contribution is -2.24. The Labute approximate surface area is 81.8 Å². The van der Waals surface area contributed by atoms with E-state index in [0.29, 0.717) is 6.04 Å². The fourth-order valence-electron chi connectivity index (χ4n) is 1.16. The molecule has 1 rings (SSSR count). The molecule has 0 fully saturated rings. The lowest BCUT2D eigenvalue weighted by molar-refractivity contribution is 0.435. The number of hydrogen-bond donors (Lipinski definition) is 1. The van der Waals surface area contributed by atoms with Gasteiger partial charge in [0.25, 0.3) is 0 Å². The predicted molar refractivity (Wildman–Crippen MR) is 56.9 cm³/mol. The van der Waals surface area contributed by atoms with Gasteiger partial charge in [0.2, 0.25) is 0 Å². The third kappa shape index (κ3) is 2.88. The average Bonchev–Trinajstić information content (AvgIpc) is 2.42. The Morgan fingerprint density at radius 1 is 1.54 bits per heavy atom. The van der Waals surface area contributed by atoms with Gasteiger partial charge in [-0.15, -0.1) is 0 Å². The van der Waals surface area contributed by atoms with Crippen LogP contribution in [-0.4, -0.2) is 6.04 Å². The van der Waals surface area contributed by atoms with Crippen LogP contribution >= 0.6 is 0 Å². The maximum absolute atomic E-state index is 5.55. The molecule has 13 heavy (non-hydrogen) atoms. The highest BCUT2D eigenvalue weighted by molar-refractivity contribution is 5.18. The molecule has 0 aliphatic rings. The van der Waals surface area contributed by atoms with Gasteiger partial charge in [0.05, 0.1) is 6.54 Å². The van der Waals surface area contributed by atoms with Crippen molar-refractivity contribution in [2.75, 3.05) is 0 Å². The summed E-state index contributed by atoms with van der Waals surface area (Å²) in [4.78, 5) is 0. The molecule has 2 heteroatoms. The zero-order valence-electron chi connectivity index (χ0n) is 8.98. The summed E-state index contributed by atoms with van der Waals surface area (Å²) in [6.45, 7) is 9.27. The van der Waals surface area contributed by atoms with E-state index < -0.39 is 0 Å². The molecule has 0 unspecified atom stereocenters. The van der Waals surface area contributed by atoms with Crippen LogP contribution in [0.4, 0.5) is 0 Å². The summed E-state index contributed by atoms with van der Waals surface area (Å²) in [5.41, 5.74) is 1.24. The van der Waals surface area contributed by atoms with Crippen molar-refractivity contribution in [1.29, 1.82) is 0 Å². The first-order chi connectivity index (χ1) is 6.13. The summed E-state index contributed by atoms with van der Waals surface area (Å²) < 4.78 is 5.55. The highest BCUT2D eigenvalue weighted by Gasteiger charge is 2.04. The number of rotatable bonds is 4. The fraction of sp³-hybridized carbons (Fsp3) is 0.636. The molecule has 0 saturated carbocycles. The third-order valence-electron chi connectivity index (χ3n) is 2.45. The molecule has 0 aliphatic heterocycles. The Bertz CT molecular complexity index is 251. The lowest BCUT2D eigenvalue weighted by Gasteiger charge is -2.08. The predicted octanol–water partition coefficient (Wildman–Crippen LogP) is 3.03. The summed E-state index contributed by atoms with van der Waals surface area (Å²) >= 11 is 0. The molecule has 2 nitrogen and oxygen atoms in total. The molecule has 1 heterocycles. The molecule has 1 atom stereocenters. The first-order valence-electron chi connectivity index (χ1n) is 4.92. The van der Waals surface area contributed by atoms with Crippen LogP contribution in [0.3, 0.4) is 0 Å². The highest BCUT2D eigenvalue weighted by Crippen LogP contribution is 2.12. The zero-order valence-corrected chi connectivity index (χ0v) is 8.98. The van der Waals surface area contributed by atoms with Gasteiger partial charge in [0.15, 0.2) is 0 Å². The van der Waals surface area contributed by atoms with E-state index in [4.69, 9.17) is 4.42 Å². The van der Waals surface area contributed by atoms with Crippen LogP contribution in [0.5, 0.6) is 0 Å². The normalized spacial score (nSPS) is 13.2. The Morgan fingerprint density at radius 3 is 2.69 bits per heavy atom. The van der Waals surface area contributed by atoms with Crippen LogP contribution in [0.15, 0.2) is 10.5 Å². The number of furan rings is 1. The molecule has 1 N–H and O–H groups in total. The molecule has 0 saturated heterocycles. The summed E-state index contributed by atoms with van der Waals surface area (Å²) in [6, 6.07) is 2.66. The van der Waals surface area contributed by atoms with Crippen LogP contribution in [0.2, 0.25) is 0 Å². The highest BCUT2D eigenvalue weighted by atomic mass is 16.3. The van der Waals surface area contributed by atoms with Crippen LogP contribution < -0.4 is 5.32 Å². The zero-order chi connectivity index (χ0) is 9.84. The first kappa shape index (κ1) is 10.3. The Balaban J connectivity index is 0.00000169. The molecular weight excluding hydrogens is 162 g/mol. The largest absolute Gasteiger partial charge is 0.465 e. The molecule has 0 bridgehead atoms. The summed E-state index contributed by atoms with van der Waals surface area (Å²) in [5, 5.41) is 3.40. The SMILES string of the molecule is CC[C@H](C)NCc1cc(C)c(C)o1.[HH]. The monoisotopic (exact) mass is 183 g/mol.